The number of aromatic nitrogens is 2. The highest BCUT2D eigenvalue weighted by Gasteiger charge is 2.23. The van der Waals surface area contributed by atoms with E-state index in [1.54, 1.807) is 0 Å². The van der Waals surface area contributed by atoms with Crippen molar-refractivity contribution in [1.29, 1.82) is 0 Å². The molecule has 2 heterocycles. The quantitative estimate of drug-likeness (QED) is 0.905. The lowest BCUT2D eigenvalue weighted by Crippen LogP contribution is -2.36. The molecule has 3 rings (SSSR count). The minimum atomic E-state index is 0.0918. The first-order valence-electron chi connectivity index (χ1n) is 7.28. The van der Waals surface area contributed by atoms with Crippen LogP contribution in [0.25, 0.3) is 0 Å². The molecule has 1 aliphatic carbocycles. The SMILES string of the molecule is O=C(Nc1cc(N2CCOCC2)ncn1)C1CCCC1. The maximum absolute atomic E-state index is 12.1. The Labute approximate surface area is 118 Å². The maximum atomic E-state index is 12.1. The zero-order valence-electron chi connectivity index (χ0n) is 11.5. The molecule has 1 N–H and O–H groups in total. The van der Waals surface area contributed by atoms with Crippen LogP contribution in [0.5, 0.6) is 0 Å². The maximum Gasteiger partial charge on any atom is 0.228 e. The molecule has 20 heavy (non-hydrogen) atoms. The van der Waals surface area contributed by atoms with E-state index in [9.17, 15) is 4.79 Å². The van der Waals surface area contributed by atoms with Gasteiger partial charge in [0.15, 0.2) is 0 Å². The van der Waals surface area contributed by atoms with Gasteiger partial charge in [-0.05, 0) is 12.8 Å². The van der Waals surface area contributed by atoms with E-state index in [1.807, 2.05) is 6.07 Å². The molecule has 0 unspecified atom stereocenters. The van der Waals surface area contributed by atoms with Crippen LogP contribution in [0.3, 0.4) is 0 Å². The fourth-order valence-corrected chi connectivity index (χ4v) is 2.80. The molecule has 1 saturated heterocycles. The Morgan fingerprint density at radius 2 is 2.00 bits per heavy atom. The highest BCUT2D eigenvalue weighted by molar-refractivity contribution is 5.92. The zero-order valence-corrected chi connectivity index (χ0v) is 11.5. The lowest BCUT2D eigenvalue weighted by molar-refractivity contribution is -0.119. The molecule has 1 aliphatic heterocycles. The number of hydrogen-bond acceptors (Lipinski definition) is 5. The average molecular weight is 276 g/mol. The number of anilines is 2. The molecular formula is C14H20N4O2. The number of nitrogens with one attached hydrogen (secondary N) is 1. The van der Waals surface area contributed by atoms with Gasteiger partial charge >= 0.3 is 0 Å². The van der Waals surface area contributed by atoms with E-state index >= 15 is 0 Å². The van der Waals surface area contributed by atoms with Gasteiger partial charge in [-0.15, -0.1) is 0 Å². The molecule has 0 bridgehead atoms. The summed E-state index contributed by atoms with van der Waals surface area (Å²) >= 11 is 0. The molecule has 0 atom stereocenters. The summed E-state index contributed by atoms with van der Waals surface area (Å²) in [6.07, 6.45) is 5.80. The van der Waals surface area contributed by atoms with Crippen LogP contribution >= 0.6 is 0 Å². The lowest BCUT2D eigenvalue weighted by atomic mass is 10.1. The third-order valence-corrected chi connectivity index (χ3v) is 3.96. The first-order chi connectivity index (χ1) is 9.83. The Morgan fingerprint density at radius 3 is 2.75 bits per heavy atom. The topological polar surface area (TPSA) is 67.4 Å². The number of ether oxygens (including phenoxy) is 1. The van der Waals surface area contributed by atoms with E-state index in [-0.39, 0.29) is 11.8 Å². The first kappa shape index (κ1) is 13.3. The Kier molecular flexibility index (Phi) is 4.11. The fourth-order valence-electron chi connectivity index (χ4n) is 2.80. The number of hydrogen-bond donors (Lipinski definition) is 1. The van der Waals surface area contributed by atoms with Crippen LogP contribution in [-0.2, 0) is 9.53 Å². The highest BCUT2D eigenvalue weighted by Crippen LogP contribution is 2.26. The highest BCUT2D eigenvalue weighted by atomic mass is 16.5. The van der Waals surface area contributed by atoms with Crippen molar-refractivity contribution in [2.24, 2.45) is 5.92 Å². The summed E-state index contributed by atoms with van der Waals surface area (Å²) in [5.74, 6) is 1.69. The largest absolute Gasteiger partial charge is 0.378 e. The third-order valence-electron chi connectivity index (χ3n) is 3.96. The van der Waals surface area contributed by atoms with E-state index in [0.717, 1.165) is 44.6 Å². The molecule has 108 valence electrons. The molecule has 1 saturated carbocycles. The van der Waals surface area contributed by atoms with Gasteiger partial charge in [0.25, 0.3) is 0 Å². The molecule has 1 amide bonds. The summed E-state index contributed by atoms with van der Waals surface area (Å²) < 4.78 is 5.33. The van der Waals surface area contributed by atoms with E-state index in [0.29, 0.717) is 19.0 Å². The van der Waals surface area contributed by atoms with Crippen LogP contribution in [0.1, 0.15) is 25.7 Å². The predicted molar refractivity (Wildman–Crippen MR) is 75.7 cm³/mol. The molecule has 6 nitrogen and oxygen atoms in total. The molecule has 1 aromatic heterocycles. The summed E-state index contributed by atoms with van der Waals surface area (Å²) in [5, 5.41) is 2.92. The van der Waals surface area contributed by atoms with Gasteiger partial charge in [0.05, 0.1) is 13.2 Å². The van der Waals surface area contributed by atoms with Gasteiger partial charge in [0, 0.05) is 25.1 Å². The van der Waals surface area contributed by atoms with Crippen molar-refractivity contribution in [3.05, 3.63) is 12.4 Å². The second kappa shape index (κ2) is 6.17. The fraction of sp³-hybridized carbons (Fsp3) is 0.643. The lowest BCUT2D eigenvalue weighted by Gasteiger charge is -2.27. The number of carbonyl (C=O) groups is 1. The van der Waals surface area contributed by atoms with Gasteiger partial charge in [-0.25, -0.2) is 9.97 Å². The number of amides is 1. The molecule has 2 aliphatic rings. The number of rotatable bonds is 3. The summed E-state index contributed by atoms with van der Waals surface area (Å²) in [4.78, 5) is 22.7. The van der Waals surface area contributed by atoms with Crippen molar-refractivity contribution >= 4 is 17.5 Å². The summed E-state index contributed by atoms with van der Waals surface area (Å²) in [6, 6.07) is 1.85. The molecular weight excluding hydrogens is 256 g/mol. The summed E-state index contributed by atoms with van der Waals surface area (Å²) in [5.41, 5.74) is 0. The van der Waals surface area contributed by atoms with Crippen LogP contribution in [-0.4, -0.2) is 42.2 Å². The molecule has 0 aromatic carbocycles. The van der Waals surface area contributed by atoms with Crippen LogP contribution in [0.4, 0.5) is 11.6 Å². The second-order valence-electron chi connectivity index (χ2n) is 5.33. The first-order valence-corrected chi connectivity index (χ1v) is 7.28. The normalized spacial score (nSPS) is 20.1. The number of nitrogens with zero attached hydrogens (tertiary/aromatic N) is 3. The van der Waals surface area contributed by atoms with Crippen LogP contribution in [0, 0.1) is 5.92 Å². The summed E-state index contributed by atoms with van der Waals surface area (Å²) in [7, 11) is 0. The van der Waals surface area contributed by atoms with E-state index in [4.69, 9.17) is 4.74 Å². The van der Waals surface area contributed by atoms with E-state index in [2.05, 4.69) is 20.2 Å². The molecule has 0 spiro atoms. The van der Waals surface area contributed by atoms with Crippen LogP contribution in [0.15, 0.2) is 12.4 Å². The van der Waals surface area contributed by atoms with Gasteiger partial charge < -0.3 is 15.0 Å². The van der Waals surface area contributed by atoms with Crippen molar-refractivity contribution in [3.63, 3.8) is 0 Å². The van der Waals surface area contributed by atoms with Crippen molar-refractivity contribution in [2.45, 2.75) is 25.7 Å². The van der Waals surface area contributed by atoms with Crippen LogP contribution in [0.2, 0.25) is 0 Å². The molecule has 2 fully saturated rings. The number of morpholine rings is 1. The smallest absolute Gasteiger partial charge is 0.228 e. The minimum Gasteiger partial charge on any atom is -0.378 e. The van der Waals surface area contributed by atoms with Gasteiger partial charge in [0.2, 0.25) is 5.91 Å². The Bertz CT molecular complexity index is 468. The summed E-state index contributed by atoms with van der Waals surface area (Å²) in [6.45, 7) is 3.08. The van der Waals surface area contributed by atoms with Gasteiger partial charge in [0.1, 0.15) is 18.0 Å². The van der Waals surface area contributed by atoms with Gasteiger partial charge in [-0.3, -0.25) is 4.79 Å². The van der Waals surface area contributed by atoms with E-state index < -0.39 is 0 Å². The Hall–Kier alpha value is -1.69. The monoisotopic (exact) mass is 276 g/mol. The minimum absolute atomic E-state index is 0.0918. The molecule has 6 heteroatoms. The zero-order chi connectivity index (χ0) is 13.8. The Morgan fingerprint density at radius 1 is 1.25 bits per heavy atom. The number of carbonyl (C=O) groups excluding carboxylic acids is 1. The van der Waals surface area contributed by atoms with Gasteiger partial charge in [-0.2, -0.15) is 0 Å². The van der Waals surface area contributed by atoms with Crippen molar-refractivity contribution < 1.29 is 9.53 Å². The second-order valence-corrected chi connectivity index (χ2v) is 5.33. The standard InChI is InChI=1S/C14H20N4O2/c19-14(11-3-1-2-4-11)17-12-9-13(16-10-15-12)18-5-7-20-8-6-18/h9-11H,1-8H2,(H,15,16,17,19). The van der Waals surface area contributed by atoms with Crippen molar-refractivity contribution in [2.75, 3.05) is 36.5 Å². The average Bonchev–Trinajstić information content (AvgIpc) is 3.03. The van der Waals surface area contributed by atoms with Crippen molar-refractivity contribution in [1.82, 2.24) is 9.97 Å². The Balaban J connectivity index is 1.65. The third kappa shape index (κ3) is 3.07. The van der Waals surface area contributed by atoms with Crippen molar-refractivity contribution in [3.8, 4) is 0 Å². The predicted octanol–water partition coefficient (Wildman–Crippen LogP) is 1.44. The molecule has 1 aromatic rings. The van der Waals surface area contributed by atoms with Crippen LogP contribution < -0.4 is 10.2 Å². The molecule has 0 radical (unpaired) electrons. The van der Waals surface area contributed by atoms with Gasteiger partial charge in [-0.1, -0.05) is 12.8 Å². The van der Waals surface area contributed by atoms with E-state index in [1.165, 1.54) is 6.33 Å².